The van der Waals surface area contributed by atoms with Gasteiger partial charge in [-0.3, -0.25) is 4.21 Å². The van der Waals surface area contributed by atoms with Gasteiger partial charge in [0.1, 0.15) is 0 Å². The normalized spacial score (nSPS) is 16.7. The van der Waals surface area contributed by atoms with E-state index in [9.17, 15) is 9.00 Å². The molecule has 1 aromatic rings. The van der Waals surface area contributed by atoms with Crippen molar-refractivity contribution in [2.75, 3.05) is 31.1 Å². The van der Waals surface area contributed by atoms with Crippen LogP contribution in [0.15, 0.2) is 23.1 Å². The second kappa shape index (κ2) is 5.39. The molecular weight excluding hydrogens is 250 g/mol. The summed E-state index contributed by atoms with van der Waals surface area (Å²) in [5.74, 6) is 0.442. The van der Waals surface area contributed by atoms with Gasteiger partial charge in [-0.1, -0.05) is 6.07 Å². The van der Waals surface area contributed by atoms with Crippen LogP contribution in [0.1, 0.15) is 5.56 Å². The lowest BCUT2D eigenvalue weighted by Gasteiger charge is -2.14. The van der Waals surface area contributed by atoms with Gasteiger partial charge >= 0.3 is 6.03 Å². The predicted molar refractivity (Wildman–Crippen MR) is 71.8 cm³/mol. The van der Waals surface area contributed by atoms with Gasteiger partial charge in [0.2, 0.25) is 0 Å². The van der Waals surface area contributed by atoms with Gasteiger partial charge in [-0.05, 0) is 24.6 Å². The van der Waals surface area contributed by atoms with E-state index in [1.54, 1.807) is 17.0 Å². The highest BCUT2D eigenvalue weighted by Gasteiger charge is 2.20. The van der Waals surface area contributed by atoms with Crippen LogP contribution in [0.5, 0.6) is 0 Å². The molecule has 1 unspecified atom stereocenters. The van der Waals surface area contributed by atoms with Crippen molar-refractivity contribution >= 4 is 22.5 Å². The van der Waals surface area contributed by atoms with Crippen molar-refractivity contribution in [2.45, 2.75) is 11.8 Å². The van der Waals surface area contributed by atoms with Crippen LogP contribution >= 0.6 is 0 Å². The van der Waals surface area contributed by atoms with Gasteiger partial charge in [-0.25, -0.2) is 4.79 Å². The van der Waals surface area contributed by atoms with Crippen LogP contribution in [0.4, 0.5) is 10.5 Å². The van der Waals surface area contributed by atoms with E-state index in [0.29, 0.717) is 31.1 Å². The molecule has 0 bridgehead atoms. The molecule has 0 radical (unpaired) electrons. The fourth-order valence-corrected chi connectivity index (χ4v) is 3.20. The molecule has 2 amide bonds. The highest BCUT2D eigenvalue weighted by molar-refractivity contribution is 7.85. The van der Waals surface area contributed by atoms with Crippen molar-refractivity contribution in [3.8, 4) is 0 Å². The molecule has 0 saturated carbocycles. The van der Waals surface area contributed by atoms with E-state index in [-0.39, 0.29) is 6.03 Å². The number of rotatable bonds is 4. The Morgan fingerprint density at radius 1 is 1.50 bits per heavy atom. The summed E-state index contributed by atoms with van der Waals surface area (Å²) in [4.78, 5) is 13.8. The maximum Gasteiger partial charge on any atom is 0.317 e. The molecule has 1 fully saturated rings. The van der Waals surface area contributed by atoms with Gasteiger partial charge in [-0.2, -0.15) is 0 Å². The second-order valence-corrected chi connectivity index (χ2v) is 5.78. The molecule has 5 nitrogen and oxygen atoms in total. The molecule has 2 rings (SSSR count). The van der Waals surface area contributed by atoms with E-state index in [0.717, 1.165) is 10.5 Å². The lowest BCUT2D eigenvalue weighted by molar-refractivity contribution is 0.220. The minimum atomic E-state index is -1.12. The van der Waals surface area contributed by atoms with E-state index in [1.807, 2.05) is 13.0 Å². The third-order valence-corrected chi connectivity index (χ3v) is 4.55. The minimum Gasteiger partial charge on any atom is -0.398 e. The van der Waals surface area contributed by atoms with Gasteiger partial charge < -0.3 is 16.0 Å². The molecule has 6 heteroatoms. The van der Waals surface area contributed by atoms with E-state index in [2.05, 4.69) is 5.32 Å². The summed E-state index contributed by atoms with van der Waals surface area (Å²) in [6, 6.07) is 5.35. The third-order valence-electron chi connectivity index (χ3n) is 3.06. The Bertz CT molecular complexity index is 490. The van der Waals surface area contributed by atoms with Gasteiger partial charge in [0.05, 0.1) is 10.8 Å². The average Bonchev–Trinajstić information content (AvgIpc) is 2.75. The number of carbonyl (C=O) groups is 1. The highest BCUT2D eigenvalue weighted by atomic mass is 32.2. The molecular formula is C12H17N3O2S. The van der Waals surface area contributed by atoms with E-state index in [4.69, 9.17) is 5.73 Å². The van der Waals surface area contributed by atoms with Gasteiger partial charge in [0.25, 0.3) is 0 Å². The number of amides is 2. The molecule has 98 valence electrons. The number of hydrogen-bond acceptors (Lipinski definition) is 3. The standard InChI is InChI=1S/C12H17N3O2S/c1-9-10(13)3-2-4-11(9)18(17)8-7-15-6-5-14-12(15)16/h2-4H,5-8,13H2,1H3,(H,14,16). The van der Waals surface area contributed by atoms with Crippen molar-refractivity contribution < 1.29 is 9.00 Å². The largest absolute Gasteiger partial charge is 0.398 e. The van der Waals surface area contributed by atoms with Crippen LogP contribution in [0, 0.1) is 6.92 Å². The fraction of sp³-hybridized carbons (Fsp3) is 0.417. The van der Waals surface area contributed by atoms with Crippen molar-refractivity contribution in [3.05, 3.63) is 23.8 Å². The van der Waals surface area contributed by atoms with E-state index < -0.39 is 10.8 Å². The Balaban J connectivity index is 1.99. The molecule has 1 atom stereocenters. The number of carbonyl (C=O) groups excluding carboxylic acids is 1. The zero-order valence-electron chi connectivity index (χ0n) is 10.3. The molecule has 1 aromatic carbocycles. The van der Waals surface area contributed by atoms with Gasteiger partial charge in [-0.15, -0.1) is 0 Å². The van der Waals surface area contributed by atoms with Crippen molar-refractivity contribution in [1.29, 1.82) is 0 Å². The molecule has 1 aliphatic rings. The molecule has 1 aliphatic heterocycles. The Labute approximate surface area is 109 Å². The quantitative estimate of drug-likeness (QED) is 0.789. The first kappa shape index (κ1) is 12.9. The molecule has 3 N–H and O–H groups in total. The van der Waals surface area contributed by atoms with Crippen LogP contribution < -0.4 is 11.1 Å². The second-order valence-electron chi connectivity index (χ2n) is 4.24. The summed E-state index contributed by atoms with van der Waals surface area (Å²) in [5.41, 5.74) is 7.31. The van der Waals surface area contributed by atoms with Crippen molar-refractivity contribution in [2.24, 2.45) is 0 Å². The van der Waals surface area contributed by atoms with Gasteiger partial charge in [0, 0.05) is 36.0 Å². The molecule has 1 heterocycles. The lowest BCUT2D eigenvalue weighted by Crippen LogP contribution is -2.31. The van der Waals surface area contributed by atoms with Crippen molar-refractivity contribution in [3.63, 3.8) is 0 Å². The van der Waals surface area contributed by atoms with Crippen LogP contribution in [-0.2, 0) is 10.8 Å². The van der Waals surface area contributed by atoms with Crippen LogP contribution in [-0.4, -0.2) is 40.5 Å². The number of nitrogens with two attached hydrogens (primary N) is 1. The third kappa shape index (κ3) is 2.64. The monoisotopic (exact) mass is 267 g/mol. The maximum absolute atomic E-state index is 12.2. The average molecular weight is 267 g/mol. The number of nitrogens with one attached hydrogen (secondary N) is 1. The van der Waals surface area contributed by atoms with Crippen molar-refractivity contribution in [1.82, 2.24) is 10.2 Å². The first-order valence-corrected chi connectivity index (χ1v) is 7.17. The number of benzene rings is 1. The minimum absolute atomic E-state index is 0.0729. The summed E-state index contributed by atoms with van der Waals surface area (Å²) < 4.78 is 12.2. The first-order chi connectivity index (χ1) is 8.59. The van der Waals surface area contributed by atoms with Crippen LogP contribution in [0.2, 0.25) is 0 Å². The molecule has 0 spiro atoms. The topological polar surface area (TPSA) is 75.4 Å². The molecule has 0 aliphatic carbocycles. The van der Waals surface area contributed by atoms with Crippen LogP contribution in [0.3, 0.4) is 0 Å². The Morgan fingerprint density at radius 2 is 2.28 bits per heavy atom. The molecule has 18 heavy (non-hydrogen) atoms. The summed E-state index contributed by atoms with van der Waals surface area (Å²) in [5, 5.41) is 2.72. The Morgan fingerprint density at radius 3 is 2.94 bits per heavy atom. The Hall–Kier alpha value is -1.56. The van der Waals surface area contributed by atoms with E-state index in [1.165, 1.54) is 0 Å². The predicted octanol–water partition coefficient (Wildman–Crippen LogP) is 0.710. The van der Waals surface area contributed by atoms with Gasteiger partial charge in [0.15, 0.2) is 0 Å². The van der Waals surface area contributed by atoms with Crippen LogP contribution in [0.25, 0.3) is 0 Å². The molecule has 1 saturated heterocycles. The number of nitrogen functional groups attached to an aromatic ring is 1. The molecule has 0 aromatic heterocycles. The zero-order chi connectivity index (χ0) is 13.1. The summed E-state index contributed by atoms with van der Waals surface area (Å²) in [6.45, 7) is 3.73. The summed E-state index contributed by atoms with van der Waals surface area (Å²) >= 11 is 0. The maximum atomic E-state index is 12.2. The van der Waals surface area contributed by atoms with E-state index >= 15 is 0 Å². The zero-order valence-corrected chi connectivity index (χ0v) is 11.1. The number of hydrogen-bond donors (Lipinski definition) is 2. The Kier molecular flexibility index (Phi) is 3.86. The lowest BCUT2D eigenvalue weighted by atomic mass is 10.2. The first-order valence-electron chi connectivity index (χ1n) is 5.86. The SMILES string of the molecule is Cc1c(N)cccc1S(=O)CCN1CCNC1=O. The number of urea groups is 1. The summed E-state index contributed by atoms with van der Waals surface area (Å²) in [7, 11) is -1.12. The number of anilines is 1. The highest BCUT2D eigenvalue weighted by Crippen LogP contribution is 2.19. The fourth-order valence-electron chi connectivity index (χ4n) is 1.91. The smallest absolute Gasteiger partial charge is 0.317 e. The number of nitrogens with zero attached hydrogens (tertiary/aromatic N) is 1. The summed E-state index contributed by atoms with van der Waals surface area (Å²) in [6.07, 6.45) is 0.